The molecule has 0 aliphatic heterocycles. The van der Waals surface area contributed by atoms with Crippen LogP contribution in [0.5, 0.6) is 0 Å². The molecule has 0 atom stereocenters. The van der Waals surface area contributed by atoms with Gasteiger partial charge in [0.1, 0.15) is 0 Å². The maximum Gasteiger partial charge on any atom is 0.238 e. The van der Waals surface area contributed by atoms with Crippen molar-refractivity contribution in [2.24, 2.45) is 0 Å². The Balaban J connectivity index is 1.04. The van der Waals surface area contributed by atoms with Crippen LogP contribution in [0.1, 0.15) is 0 Å². The van der Waals surface area contributed by atoms with Crippen LogP contribution in [0.4, 0.5) is 0 Å². The summed E-state index contributed by atoms with van der Waals surface area (Å²) in [6.07, 6.45) is 0. The average molecular weight is 825 g/mol. The average Bonchev–Trinajstić information content (AvgIpc) is 3.72. The Bertz CT molecular complexity index is 4180. The lowest BCUT2D eigenvalue weighted by atomic mass is 9.85. The number of benzene rings is 11. The molecule has 0 N–H and O–H groups in total. The van der Waals surface area contributed by atoms with Crippen molar-refractivity contribution in [1.82, 2.24) is 19.5 Å². The molecular weight excluding hydrogens is 789 g/mol. The summed E-state index contributed by atoms with van der Waals surface area (Å²) < 4.78 is 2.18. The van der Waals surface area contributed by atoms with E-state index in [1.807, 2.05) is 18.2 Å². The second-order valence-corrected chi connectivity index (χ2v) is 17.1. The summed E-state index contributed by atoms with van der Waals surface area (Å²) in [5.74, 6) is 1.81. The number of fused-ring (bicyclic) bond motifs is 5. The molecule has 0 saturated heterocycles. The minimum atomic E-state index is 0.576. The van der Waals surface area contributed by atoms with Crippen LogP contribution in [-0.4, -0.2) is 19.5 Å². The quantitative estimate of drug-likeness (QED) is 0.162. The summed E-state index contributed by atoms with van der Waals surface area (Å²) in [7, 11) is 0. The minimum absolute atomic E-state index is 0.576. The highest BCUT2D eigenvalue weighted by molar-refractivity contribution is 6.37. The van der Waals surface area contributed by atoms with Gasteiger partial charge >= 0.3 is 0 Å². The predicted octanol–water partition coefficient (Wildman–Crippen LogP) is 16.0. The summed E-state index contributed by atoms with van der Waals surface area (Å²) in [5.41, 5.74) is 8.39. The van der Waals surface area contributed by atoms with Crippen LogP contribution in [0.15, 0.2) is 218 Å². The van der Waals surface area contributed by atoms with Crippen molar-refractivity contribution in [1.29, 1.82) is 0 Å². The Labute approximate surface area is 373 Å². The molecule has 300 valence electrons. The van der Waals surface area contributed by atoms with Crippen molar-refractivity contribution >= 4 is 86.4 Å². The Morgan fingerprint density at radius 3 is 1.32 bits per heavy atom. The van der Waals surface area contributed by atoms with Gasteiger partial charge in [-0.3, -0.25) is 4.57 Å². The Hall–Kier alpha value is -8.73. The number of para-hydroxylation sites is 2. The monoisotopic (exact) mass is 824 g/mol. The van der Waals surface area contributed by atoms with Crippen molar-refractivity contribution in [2.45, 2.75) is 0 Å². The first-order valence-electron chi connectivity index (χ1n) is 22.2. The van der Waals surface area contributed by atoms with E-state index < -0.39 is 0 Å². The predicted molar refractivity (Wildman–Crippen MR) is 272 cm³/mol. The standard InChI is InChI=1S/C61H36N4/c1-2-15-40(16-3-1)59-62-60(64-61(63-59)65-53-29-10-8-23-46(53)47-24-9-11-30-54(47)65)51-25-7-6-22-45(51)44-21-5-4-20-43(44)42-35-41-34-33-39-18-13-27-49-48-26-12-17-37-31-32-38-19-14-28-50(57(38)55(37)48)52(36-42)58(41)56(39)49/h1-36H. The van der Waals surface area contributed by atoms with Gasteiger partial charge in [-0.1, -0.05) is 194 Å². The third-order valence-corrected chi connectivity index (χ3v) is 13.6. The highest BCUT2D eigenvalue weighted by Crippen LogP contribution is 2.46. The zero-order chi connectivity index (χ0) is 42.6. The van der Waals surface area contributed by atoms with Crippen LogP contribution < -0.4 is 0 Å². The van der Waals surface area contributed by atoms with Gasteiger partial charge in [-0.25, -0.2) is 4.98 Å². The molecule has 12 aromatic carbocycles. The van der Waals surface area contributed by atoms with Crippen molar-refractivity contribution < 1.29 is 0 Å². The number of hydrogen-bond acceptors (Lipinski definition) is 3. The van der Waals surface area contributed by atoms with E-state index in [1.54, 1.807) is 0 Å². The maximum atomic E-state index is 5.38. The highest BCUT2D eigenvalue weighted by atomic mass is 15.2. The number of nitrogens with zero attached hydrogens (tertiary/aromatic N) is 4. The summed E-state index contributed by atoms with van der Waals surface area (Å²) in [6.45, 7) is 0. The van der Waals surface area contributed by atoms with E-state index in [2.05, 4.69) is 205 Å². The molecule has 2 aromatic heterocycles. The van der Waals surface area contributed by atoms with Gasteiger partial charge in [0, 0.05) is 21.9 Å². The second kappa shape index (κ2) is 13.9. The molecule has 0 bridgehead atoms. The molecule has 0 fully saturated rings. The van der Waals surface area contributed by atoms with Crippen LogP contribution in [0.2, 0.25) is 0 Å². The maximum absolute atomic E-state index is 5.38. The van der Waals surface area contributed by atoms with E-state index in [1.165, 1.54) is 64.6 Å². The summed E-state index contributed by atoms with van der Waals surface area (Å²) in [4.78, 5) is 15.9. The smallest absolute Gasteiger partial charge is 0.238 e. The summed E-state index contributed by atoms with van der Waals surface area (Å²) in [6, 6.07) is 78.9. The molecule has 0 radical (unpaired) electrons. The molecule has 0 aliphatic carbocycles. The molecular formula is C61H36N4. The van der Waals surface area contributed by atoms with E-state index in [0.29, 0.717) is 17.6 Å². The lowest BCUT2D eigenvalue weighted by Gasteiger charge is -2.18. The van der Waals surface area contributed by atoms with Crippen molar-refractivity contribution in [3.05, 3.63) is 218 Å². The van der Waals surface area contributed by atoms with Crippen molar-refractivity contribution in [3.8, 4) is 51.0 Å². The molecule has 4 nitrogen and oxygen atoms in total. The molecule has 2 heterocycles. The van der Waals surface area contributed by atoms with E-state index in [0.717, 1.165) is 55.2 Å². The van der Waals surface area contributed by atoms with E-state index in [9.17, 15) is 0 Å². The number of aromatic nitrogens is 4. The van der Waals surface area contributed by atoms with Gasteiger partial charge < -0.3 is 0 Å². The lowest BCUT2D eigenvalue weighted by Crippen LogP contribution is -2.06. The van der Waals surface area contributed by atoms with Crippen LogP contribution in [0.3, 0.4) is 0 Å². The third-order valence-electron chi connectivity index (χ3n) is 13.6. The summed E-state index contributed by atoms with van der Waals surface area (Å²) >= 11 is 0. The van der Waals surface area contributed by atoms with E-state index in [4.69, 9.17) is 15.0 Å². The van der Waals surface area contributed by atoms with Gasteiger partial charge in [-0.05, 0) is 111 Å². The molecule has 0 spiro atoms. The molecule has 0 amide bonds. The first-order valence-corrected chi connectivity index (χ1v) is 22.2. The van der Waals surface area contributed by atoms with Crippen molar-refractivity contribution in [3.63, 3.8) is 0 Å². The highest BCUT2D eigenvalue weighted by Gasteiger charge is 2.22. The molecule has 4 heteroatoms. The van der Waals surface area contributed by atoms with Gasteiger partial charge in [0.2, 0.25) is 5.95 Å². The molecule has 14 rings (SSSR count). The minimum Gasteiger partial charge on any atom is -0.278 e. The Morgan fingerprint density at radius 2 is 0.708 bits per heavy atom. The Kier molecular flexibility index (Phi) is 7.65. The SMILES string of the molecule is c1ccc(-c2nc(-c3ccccc3-c3ccccc3-c3cc4ccc5cccc6c7cccc8ccc9cccc(c(c3)c4c56)c9c87)nc(-n3c4ccccc4c4ccccc43)n2)cc1. The fourth-order valence-electron chi connectivity index (χ4n) is 10.8. The largest absolute Gasteiger partial charge is 0.278 e. The zero-order valence-electron chi connectivity index (χ0n) is 35.1. The fourth-order valence-corrected chi connectivity index (χ4v) is 10.8. The second-order valence-electron chi connectivity index (χ2n) is 17.1. The van der Waals surface area contributed by atoms with Gasteiger partial charge in [0.15, 0.2) is 11.6 Å². The van der Waals surface area contributed by atoms with Crippen LogP contribution in [0.25, 0.3) is 137 Å². The first kappa shape index (κ1) is 35.8. The van der Waals surface area contributed by atoms with Gasteiger partial charge in [-0.2, -0.15) is 9.97 Å². The van der Waals surface area contributed by atoms with Gasteiger partial charge in [0.25, 0.3) is 0 Å². The normalized spacial score (nSPS) is 12.0. The summed E-state index contributed by atoms with van der Waals surface area (Å²) in [5, 5.41) is 17.5. The van der Waals surface area contributed by atoms with Crippen LogP contribution >= 0.6 is 0 Å². The number of rotatable bonds is 5. The zero-order valence-corrected chi connectivity index (χ0v) is 35.1. The first-order chi connectivity index (χ1) is 32.2. The van der Waals surface area contributed by atoms with Crippen LogP contribution in [0, 0.1) is 0 Å². The molecule has 0 aliphatic rings. The van der Waals surface area contributed by atoms with Crippen LogP contribution in [-0.2, 0) is 0 Å². The molecule has 65 heavy (non-hydrogen) atoms. The molecule has 0 saturated carbocycles. The van der Waals surface area contributed by atoms with Gasteiger partial charge in [0.05, 0.1) is 11.0 Å². The van der Waals surface area contributed by atoms with E-state index >= 15 is 0 Å². The number of hydrogen-bond donors (Lipinski definition) is 0. The molecule has 0 unspecified atom stereocenters. The van der Waals surface area contributed by atoms with Gasteiger partial charge in [-0.15, -0.1) is 0 Å². The topological polar surface area (TPSA) is 43.6 Å². The Morgan fingerprint density at radius 1 is 0.262 bits per heavy atom. The van der Waals surface area contributed by atoms with E-state index in [-0.39, 0.29) is 0 Å². The molecule has 14 aromatic rings. The van der Waals surface area contributed by atoms with Crippen molar-refractivity contribution in [2.75, 3.05) is 0 Å². The third kappa shape index (κ3) is 5.35. The fraction of sp³-hybridized carbons (Fsp3) is 0. The lowest BCUT2D eigenvalue weighted by molar-refractivity contribution is 0.953.